The first-order valence-electron chi connectivity index (χ1n) is 9.64. The summed E-state index contributed by atoms with van der Waals surface area (Å²) in [5, 5.41) is 4.23. The van der Waals surface area contributed by atoms with E-state index in [1.54, 1.807) is 4.90 Å². The monoisotopic (exact) mass is 371 g/mol. The Bertz CT molecular complexity index is 806. The molecular weight excluding hydrogens is 342 g/mol. The van der Waals surface area contributed by atoms with Crippen molar-refractivity contribution in [2.75, 3.05) is 19.6 Å². The van der Waals surface area contributed by atoms with Crippen LogP contribution in [-0.2, 0) is 16.0 Å². The number of nitrogens with zero attached hydrogens (tertiary/aromatic N) is 1. The number of H-pyrrole nitrogens is 1. The van der Waals surface area contributed by atoms with Gasteiger partial charge in [0.05, 0.1) is 5.92 Å². The highest BCUT2D eigenvalue weighted by Crippen LogP contribution is 2.20. The largest absolute Gasteiger partial charge is 0.444 e. The number of fused-ring (bicyclic) bond motifs is 1. The van der Waals surface area contributed by atoms with E-state index in [0.717, 1.165) is 24.8 Å². The second kappa shape index (κ2) is 8.03. The number of aromatic amines is 1. The van der Waals surface area contributed by atoms with Crippen molar-refractivity contribution in [1.82, 2.24) is 15.2 Å². The van der Waals surface area contributed by atoms with Gasteiger partial charge in [-0.25, -0.2) is 4.79 Å². The zero-order chi connectivity index (χ0) is 19.4. The first-order chi connectivity index (χ1) is 12.8. The predicted octanol–water partition coefficient (Wildman–Crippen LogP) is 3.47. The number of benzene rings is 1. The second-order valence-electron chi connectivity index (χ2n) is 8.17. The Kier molecular flexibility index (Phi) is 5.73. The summed E-state index contributed by atoms with van der Waals surface area (Å²) in [4.78, 5) is 29.7. The van der Waals surface area contributed by atoms with Crippen LogP contribution < -0.4 is 5.32 Å². The summed E-state index contributed by atoms with van der Waals surface area (Å²) in [6.45, 7) is 7.21. The molecule has 0 aliphatic carbocycles. The molecule has 27 heavy (non-hydrogen) atoms. The lowest BCUT2D eigenvalue weighted by Crippen LogP contribution is -2.47. The number of carbonyl (C=O) groups is 2. The summed E-state index contributed by atoms with van der Waals surface area (Å²) >= 11 is 0. The molecule has 0 spiro atoms. The number of amides is 2. The average Bonchev–Trinajstić information content (AvgIpc) is 3.04. The van der Waals surface area contributed by atoms with Crippen LogP contribution in [-0.4, -0.2) is 47.1 Å². The quantitative estimate of drug-likeness (QED) is 0.864. The molecule has 1 saturated heterocycles. The van der Waals surface area contributed by atoms with Gasteiger partial charge in [0.25, 0.3) is 0 Å². The van der Waals surface area contributed by atoms with Crippen molar-refractivity contribution in [3.05, 3.63) is 36.0 Å². The van der Waals surface area contributed by atoms with Gasteiger partial charge in [0.1, 0.15) is 5.60 Å². The highest BCUT2D eigenvalue weighted by Gasteiger charge is 2.30. The van der Waals surface area contributed by atoms with Crippen LogP contribution in [0.4, 0.5) is 4.79 Å². The van der Waals surface area contributed by atoms with Gasteiger partial charge in [-0.2, -0.15) is 0 Å². The topological polar surface area (TPSA) is 74.4 Å². The lowest BCUT2D eigenvalue weighted by molar-refractivity contribution is -0.126. The Morgan fingerprint density at radius 2 is 2.07 bits per heavy atom. The number of carbonyl (C=O) groups excluding carboxylic acids is 2. The number of hydrogen-bond donors (Lipinski definition) is 2. The molecule has 1 fully saturated rings. The number of para-hydroxylation sites is 1. The van der Waals surface area contributed by atoms with Crippen LogP contribution in [0.2, 0.25) is 0 Å². The zero-order valence-electron chi connectivity index (χ0n) is 16.4. The van der Waals surface area contributed by atoms with Crippen molar-refractivity contribution >= 4 is 22.9 Å². The maximum absolute atomic E-state index is 12.5. The van der Waals surface area contributed by atoms with Crippen LogP contribution in [0.15, 0.2) is 30.5 Å². The smallest absolute Gasteiger partial charge is 0.410 e. The van der Waals surface area contributed by atoms with E-state index >= 15 is 0 Å². The highest BCUT2D eigenvalue weighted by molar-refractivity contribution is 5.83. The molecule has 3 rings (SSSR count). The molecule has 6 nitrogen and oxygen atoms in total. The molecular formula is C21H29N3O3. The van der Waals surface area contributed by atoms with Crippen LogP contribution in [0.3, 0.4) is 0 Å². The fourth-order valence-electron chi connectivity index (χ4n) is 3.49. The summed E-state index contributed by atoms with van der Waals surface area (Å²) in [5.41, 5.74) is 1.79. The minimum Gasteiger partial charge on any atom is -0.444 e. The van der Waals surface area contributed by atoms with Gasteiger partial charge in [-0.05, 0) is 51.7 Å². The van der Waals surface area contributed by atoms with Crippen molar-refractivity contribution in [3.63, 3.8) is 0 Å². The van der Waals surface area contributed by atoms with E-state index in [1.807, 2.05) is 45.2 Å². The van der Waals surface area contributed by atoms with Crippen LogP contribution in [0.5, 0.6) is 0 Å². The Balaban J connectivity index is 1.49. The molecule has 1 aliphatic rings. The van der Waals surface area contributed by atoms with Gasteiger partial charge in [0.2, 0.25) is 5.91 Å². The molecule has 1 unspecified atom stereocenters. The minimum absolute atomic E-state index is 0.0168. The maximum Gasteiger partial charge on any atom is 0.410 e. The number of aromatic nitrogens is 1. The molecule has 2 aromatic rings. The number of ether oxygens (including phenoxy) is 1. The molecule has 2 heterocycles. The third-order valence-corrected chi connectivity index (χ3v) is 4.81. The van der Waals surface area contributed by atoms with Crippen molar-refractivity contribution < 1.29 is 14.3 Å². The normalized spacial score (nSPS) is 17.7. The van der Waals surface area contributed by atoms with E-state index in [1.165, 1.54) is 10.9 Å². The van der Waals surface area contributed by atoms with Crippen LogP contribution in [0.25, 0.3) is 10.9 Å². The molecule has 1 aromatic carbocycles. The fraction of sp³-hybridized carbons (Fsp3) is 0.524. The molecule has 1 aromatic heterocycles. The Morgan fingerprint density at radius 1 is 1.30 bits per heavy atom. The van der Waals surface area contributed by atoms with Gasteiger partial charge in [-0.3, -0.25) is 4.79 Å². The van der Waals surface area contributed by atoms with Crippen LogP contribution in [0.1, 0.15) is 39.2 Å². The van der Waals surface area contributed by atoms with E-state index < -0.39 is 5.60 Å². The lowest BCUT2D eigenvalue weighted by Gasteiger charge is -2.33. The summed E-state index contributed by atoms with van der Waals surface area (Å²) in [6.07, 6.45) is 4.07. The second-order valence-corrected chi connectivity index (χ2v) is 8.17. The third kappa shape index (κ3) is 5.02. The van der Waals surface area contributed by atoms with Gasteiger partial charge in [0, 0.05) is 36.7 Å². The fourth-order valence-corrected chi connectivity index (χ4v) is 3.49. The first-order valence-corrected chi connectivity index (χ1v) is 9.64. The Labute approximate surface area is 160 Å². The first kappa shape index (κ1) is 19.3. The van der Waals surface area contributed by atoms with Crippen molar-refractivity contribution in [1.29, 1.82) is 0 Å². The number of piperidine rings is 1. The molecule has 2 amide bonds. The van der Waals surface area contributed by atoms with Crippen molar-refractivity contribution in [2.24, 2.45) is 5.92 Å². The van der Waals surface area contributed by atoms with E-state index in [0.29, 0.717) is 19.6 Å². The molecule has 0 radical (unpaired) electrons. The van der Waals surface area contributed by atoms with Crippen molar-refractivity contribution in [3.8, 4) is 0 Å². The van der Waals surface area contributed by atoms with E-state index in [4.69, 9.17) is 4.74 Å². The molecule has 6 heteroatoms. The number of hydrogen-bond acceptors (Lipinski definition) is 3. The van der Waals surface area contributed by atoms with E-state index in [9.17, 15) is 9.59 Å². The predicted molar refractivity (Wildman–Crippen MR) is 106 cm³/mol. The third-order valence-electron chi connectivity index (χ3n) is 4.81. The van der Waals surface area contributed by atoms with E-state index in [2.05, 4.69) is 16.4 Å². The van der Waals surface area contributed by atoms with Gasteiger partial charge >= 0.3 is 6.09 Å². The van der Waals surface area contributed by atoms with Gasteiger partial charge in [-0.15, -0.1) is 0 Å². The Morgan fingerprint density at radius 3 is 2.85 bits per heavy atom. The summed E-state index contributed by atoms with van der Waals surface area (Å²) < 4.78 is 5.43. The average molecular weight is 371 g/mol. The molecule has 1 aliphatic heterocycles. The highest BCUT2D eigenvalue weighted by atomic mass is 16.6. The van der Waals surface area contributed by atoms with E-state index in [-0.39, 0.29) is 17.9 Å². The SMILES string of the molecule is CC(C)(C)OC(=O)N1CCCC(C(=O)NCCc2c[nH]c3ccccc23)C1. The maximum atomic E-state index is 12.5. The standard InChI is InChI=1S/C21H29N3O3/c1-21(2,3)27-20(26)24-12-6-7-16(14-24)19(25)22-11-10-15-13-23-18-9-5-4-8-17(15)18/h4-5,8-9,13,16,23H,6-7,10-12,14H2,1-3H3,(H,22,25). The number of rotatable bonds is 4. The summed E-state index contributed by atoms with van der Waals surface area (Å²) in [7, 11) is 0. The van der Waals surface area contributed by atoms with Gasteiger partial charge < -0.3 is 19.9 Å². The van der Waals surface area contributed by atoms with Gasteiger partial charge in [0.15, 0.2) is 0 Å². The van der Waals surface area contributed by atoms with Crippen LogP contribution in [0, 0.1) is 5.92 Å². The number of nitrogens with one attached hydrogen (secondary N) is 2. The zero-order valence-corrected chi connectivity index (χ0v) is 16.4. The minimum atomic E-state index is -0.522. The molecule has 146 valence electrons. The molecule has 1 atom stereocenters. The van der Waals surface area contributed by atoms with Gasteiger partial charge in [-0.1, -0.05) is 18.2 Å². The number of likely N-dealkylation sites (tertiary alicyclic amines) is 1. The summed E-state index contributed by atoms with van der Waals surface area (Å²) in [6, 6.07) is 8.16. The van der Waals surface area contributed by atoms with Crippen LogP contribution >= 0.6 is 0 Å². The molecule has 0 bridgehead atoms. The molecule has 2 N–H and O–H groups in total. The Hall–Kier alpha value is -2.50. The lowest BCUT2D eigenvalue weighted by atomic mass is 9.97. The van der Waals surface area contributed by atoms with Crippen molar-refractivity contribution in [2.45, 2.75) is 45.6 Å². The summed E-state index contributed by atoms with van der Waals surface area (Å²) in [5.74, 6) is -0.155. The molecule has 0 saturated carbocycles.